The minimum atomic E-state index is -1.64. The lowest BCUT2D eigenvalue weighted by atomic mass is 9.69. The maximum Gasteiger partial charge on any atom is 0.411 e. The zero-order chi connectivity index (χ0) is 30.8. The third-order valence-electron chi connectivity index (χ3n) is 7.55. The molecule has 2 aliphatic heterocycles. The van der Waals surface area contributed by atoms with Crippen molar-refractivity contribution >= 4 is 24.1 Å². The summed E-state index contributed by atoms with van der Waals surface area (Å²) in [7, 11) is 4.05. The van der Waals surface area contributed by atoms with Crippen LogP contribution in [0.25, 0.3) is 0 Å². The monoisotopic (exact) mass is 576 g/mol. The van der Waals surface area contributed by atoms with E-state index in [-0.39, 0.29) is 19.5 Å². The van der Waals surface area contributed by atoms with Gasteiger partial charge in [-0.2, -0.15) is 0 Å². The summed E-state index contributed by atoms with van der Waals surface area (Å²) in [5.41, 5.74) is -2.43. The molecule has 0 saturated carbocycles. The zero-order valence-corrected chi connectivity index (χ0v) is 25.6. The molecule has 2 amide bonds. The fraction of sp³-hybridized carbons (Fsp3) is 0.667. The fourth-order valence-corrected chi connectivity index (χ4v) is 6.10. The molecule has 0 N–H and O–H groups in total. The fourth-order valence-electron chi connectivity index (χ4n) is 6.10. The SMILES string of the molecule is COC(=O)[C@H]1[C@@H]([C@]2(C(=O)OC)[C@H](Cc3cccc(OC)c3)CCN2C(=O)OC(C)(C)C)CCN1C(=O)OC(C)(C)C. The highest BCUT2D eigenvalue weighted by Gasteiger charge is 2.67. The maximum atomic E-state index is 14.1. The number of rotatable bonds is 6. The summed E-state index contributed by atoms with van der Waals surface area (Å²) in [4.78, 5) is 57.2. The highest BCUT2D eigenvalue weighted by Crippen LogP contribution is 2.50. The van der Waals surface area contributed by atoms with E-state index in [0.29, 0.717) is 18.6 Å². The summed E-state index contributed by atoms with van der Waals surface area (Å²) in [5.74, 6) is -2.08. The van der Waals surface area contributed by atoms with Crippen LogP contribution in [0.2, 0.25) is 0 Å². The third kappa shape index (κ3) is 6.70. The second kappa shape index (κ2) is 12.2. The summed E-state index contributed by atoms with van der Waals surface area (Å²) in [5, 5.41) is 0. The van der Waals surface area contributed by atoms with E-state index in [0.717, 1.165) is 5.56 Å². The van der Waals surface area contributed by atoms with E-state index in [4.69, 9.17) is 23.7 Å². The number of ether oxygens (including phenoxy) is 5. The Kier molecular flexibility index (Phi) is 9.50. The number of hydrogen-bond donors (Lipinski definition) is 0. The number of esters is 2. The molecule has 0 bridgehead atoms. The van der Waals surface area contributed by atoms with Gasteiger partial charge in [-0.25, -0.2) is 19.2 Å². The first-order valence-corrected chi connectivity index (χ1v) is 13.9. The summed E-state index contributed by atoms with van der Waals surface area (Å²) in [6, 6.07) is 6.26. The lowest BCUT2D eigenvalue weighted by molar-refractivity contribution is -0.164. The first kappa shape index (κ1) is 32.0. The molecule has 0 aliphatic carbocycles. The van der Waals surface area contributed by atoms with Gasteiger partial charge in [0.1, 0.15) is 23.0 Å². The predicted molar refractivity (Wildman–Crippen MR) is 149 cm³/mol. The van der Waals surface area contributed by atoms with Crippen LogP contribution in [0.5, 0.6) is 5.75 Å². The summed E-state index contributed by atoms with van der Waals surface area (Å²) in [6.45, 7) is 10.7. The Hall–Kier alpha value is -3.50. The molecule has 3 rings (SSSR count). The Morgan fingerprint density at radius 1 is 0.878 bits per heavy atom. The van der Waals surface area contributed by atoms with Crippen molar-refractivity contribution in [2.45, 2.75) is 83.6 Å². The number of likely N-dealkylation sites (tertiary alicyclic amines) is 2. The van der Waals surface area contributed by atoms with E-state index < -0.39 is 58.7 Å². The second-order valence-corrected chi connectivity index (χ2v) is 12.5. The van der Waals surface area contributed by atoms with Crippen LogP contribution in [0.4, 0.5) is 9.59 Å². The molecular formula is C30H44N2O9. The van der Waals surface area contributed by atoms with Crippen LogP contribution in [0, 0.1) is 11.8 Å². The molecule has 228 valence electrons. The second-order valence-electron chi connectivity index (χ2n) is 12.5. The number of hydrogen-bond acceptors (Lipinski definition) is 9. The van der Waals surface area contributed by atoms with Crippen molar-refractivity contribution in [3.63, 3.8) is 0 Å². The number of amides is 2. The minimum Gasteiger partial charge on any atom is -0.497 e. The van der Waals surface area contributed by atoms with Crippen LogP contribution in [0.1, 0.15) is 59.9 Å². The summed E-state index contributed by atoms with van der Waals surface area (Å²) < 4.78 is 27.4. The van der Waals surface area contributed by atoms with Gasteiger partial charge in [0.15, 0.2) is 5.54 Å². The largest absolute Gasteiger partial charge is 0.497 e. The molecular weight excluding hydrogens is 532 g/mol. The average molecular weight is 577 g/mol. The molecule has 0 spiro atoms. The highest BCUT2D eigenvalue weighted by molar-refractivity contribution is 5.91. The van der Waals surface area contributed by atoms with Gasteiger partial charge >= 0.3 is 24.1 Å². The van der Waals surface area contributed by atoms with Crippen LogP contribution in [0.3, 0.4) is 0 Å². The van der Waals surface area contributed by atoms with Gasteiger partial charge in [-0.15, -0.1) is 0 Å². The van der Waals surface area contributed by atoms with Crippen molar-refractivity contribution in [2.75, 3.05) is 34.4 Å². The normalized spacial score (nSPS) is 24.6. The lowest BCUT2D eigenvalue weighted by Crippen LogP contribution is -2.66. The molecule has 1 aromatic carbocycles. The van der Waals surface area contributed by atoms with Crippen LogP contribution in [-0.2, 0) is 35.0 Å². The van der Waals surface area contributed by atoms with Gasteiger partial charge in [-0.05, 0) is 84.4 Å². The predicted octanol–water partition coefficient (Wildman–Crippen LogP) is 4.21. The number of nitrogens with zero attached hydrogens (tertiary/aromatic N) is 2. The molecule has 2 fully saturated rings. The first-order valence-electron chi connectivity index (χ1n) is 13.9. The summed E-state index contributed by atoms with van der Waals surface area (Å²) >= 11 is 0. The molecule has 2 saturated heterocycles. The number of methoxy groups -OCH3 is 3. The molecule has 0 unspecified atom stereocenters. The molecule has 1 aromatic rings. The minimum absolute atomic E-state index is 0.117. The number of carbonyl (C=O) groups is 4. The van der Waals surface area contributed by atoms with Gasteiger partial charge in [0.25, 0.3) is 0 Å². The van der Waals surface area contributed by atoms with Crippen LogP contribution in [0.15, 0.2) is 24.3 Å². The summed E-state index contributed by atoms with van der Waals surface area (Å²) in [6.07, 6.45) is -0.371. The Labute approximate surface area is 242 Å². The van der Waals surface area contributed by atoms with E-state index in [9.17, 15) is 19.2 Å². The van der Waals surface area contributed by atoms with Gasteiger partial charge in [-0.1, -0.05) is 12.1 Å². The Balaban J connectivity index is 2.20. The van der Waals surface area contributed by atoms with E-state index >= 15 is 0 Å². The van der Waals surface area contributed by atoms with Crippen molar-refractivity contribution < 1.29 is 42.9 Å². The average Bonchev–Trinajstić information content (AvgIpc) is 3.48. The molecule has 4 atom stereocenters. The van der Waals surface area contributed by atoms with Crippen molar-refractivity contribution in [1.82, 2.24) is 9.80 Å². The maximum absolute atomic E-state index is 14.1. The Morgan fingerprint density at radius 2 is 1.51 bits per heavy atom. The number of carbonyl (C=O) groups excluding carboxylic acids is 4. The zero-order valence-electron chi connectivity index (χ0n) is 25.6. The van der Waals surface area contributed by atoms with Crippen LogP contribution >= 0.6 is 0 Å². The van der Waals surface area contributed by atoms with E-state index in [1.54, 1.807) is 48.7 Å². The van der Waals surface area contributed by atoms with Gasteiger partial charge < -0.3 is 23.7 Å². The lowest BCUT2D eigenvalue weighted by Gasteiger charge is -2.45. The van der Waals surface area contributed by atoms with Gasteiger partial charge in [-0.3, -0.25) is 9.80 Å². The molecule has 2 aliphatic rings. The van der Waals surface area contributed by atoms with Crippen molar-refractivity contribution in [3.05, 3.63) is 29.8 Å². The van der Waals surface area contributed by atoms with Gasteiger partial charge in [0.2, 0.25) is 0 Å². The van der Waals surface area contributed by atoms with Crippen molar-refractivity contribution in [1.29, 1.82) is 0 Å². The number of benzene rings is 1. The van der Waals surface area contributed by atoms with Crippen molar-refractivity contribution in [2.24, 2.45) is 11.8 Å². The van der Waals surface area contributed by atoms with Crippen molar-refractivity contribution in [3.8, 4) is 5.75 Å². The smallest absolute Gasteiger partial charge is 0.411 e. The molecule has 0 radical (unpaired) electrons. The highest BCUT2D eigenvalue weighted by atomic mass is 16.6. The third-order valence-corrected chi connectivity index (χ3v) is 7.55. The van der Waals surface area contributed by atoms with Crippen LogP contribution in [-0.4, -0.2) is 91.1 Å². The molecule has 11 nitrogen and oxygen atoms in total. The molecule has 11 heteroatoms. The Bertz CT molecular complexity index is 1140. The Morgan fingerprint density at radius 3 is 2.07 bits per heavy atom. The standard InChI is InChI=1S/C30H44N2O9/c1-28(2,3)40-26(35)31-15-14-22(23(31)24(33)38-8)30(25(34)39-9)20(17-19-11-10-12-21(18-19)37-7)13-16-32(30)27(36)41-29(4,5)6/h10-12,18,20,22-23H,13-17H2,1-9H3/t20-,22-,23+,30-/m0/s1. The van der Waals surface area contributed by atoms with Gasteiger partial charge in [0.05, 0.1) is 21.3 Å². The molecule has 0 aromatic heterocycles. The first-order chi connectivity index (χ1) is 19.1. The molecule has 41 heavy (non-hydrogen) atoms. The van der Waals surface area contributed by atoms with E-state index in [1.165, 1.54) is 24.0 Å². The van der Waals surface area contributed by atoms with Gasteiger partial charge in [0, 0.05) is 19.0 Å². The van der Waals surface area contributed by atoms with E-state index in [1.807, 2.05) is 24.3 Å². The van der Waals surface area contributed by atoms with Crippen LogP contribution < -0.4 is 4.74 Å². The quantitative estimate of drug-likeness (QED) is 0.362. The molecule has 2 heterocycles. The van der Waals surface area contributed by atoms with E-state index in [2.05, 4.69) is 0 Å². The topological polar surface area (TPSA) is 121 Å².